The summed E-state index contributed by atoms with van der Waals surface area (Å²) in [7, 11) is 0. The molecule has 0 amide bonds. The van der Waals surface area contributed by atoms with Gasteiger partial charge in [-0.25, -0.2) is 0 Å². The number of rotatable bonds is 4. The quantitative estimate of drug-likeness (QED) is 0.636. The summed E-state index contributed by atoms with van der Waals surface area (Å²) in [5, 5.41) is 3.48. The molecule has 0 bridgehead atoms. The van der Waals surface area contributed by atoms with Crippen LogP contribution in [-0.2, 0) is 0 Å². The van der Waals surface area contributed by atoms with E-state index in [9.17, 15) is 0 Å². The highest BCUT2D eigenvalue weighted by atomic mass is 14.9. The molecular weight excluding hydrogens is 266 g/mol. The molecule has 0 atom stereocenters. The molecule has 0 saturated heterocycles. The van der Waals surface area contributed by atoms with Gasteiger partial charge in [-0.1, -0.05) is 72.8 Å². The van der Waals surface area contributed by atoms with E-state index in [4.69, 9.17) is 0 Å². The summed E-state index contributed by atoms with van der Waals surface area (Å²) in [6.45, 7) is 2.06. The van der Waals surface area contributed by atoms with Gasteiger partial charge in [-0.2, -0.15) is 0 Å². The Labute approximate surface area is 132 Å². The van der Waals surface area contributed by atoms with E-state index >= 15 is 0 Å². The Morgan fingerprint density at radius 1 is 0.727 bits per heavy atom. The molecule has 0 aliphatic rings. The van der Waals surface area contributed by atoms with Gasteiger partial charge >= 0.3 is 0 Å². The van der Waals surface area contributed by atoms with Crippen molar-refractivity contribution >= 4 is 11.4 Å². The second-order valence-corrected chi connectivity index (χ2v) is 5.14. The monoisotopic (exact) mass is 285 g/mol. The van der Waals surface area contributed by atoms with Crippen LogP contribution in [0.2, 0.25) is 0 Å². The molecule has 1 nitrogen and oxygen atoms in total. The molecule has 3 rings (SSSR count). The van der Waals surface area contributed by atoms with Crippen LogP contribution >= 0.6 is 0 Å². The molecule has 0 aliphatic carbocycles. The minimum Gasteiger partial charge on any atom is -0.355 e. The lowest BCUT2D eigenvalue weighted by Gasteiger charge is -2.12. The van der Waals surface area contributed by atoms with E-state index in [2.05, 4.69) is 79.0 Å². The van der Waals surface area contributed by atoms with Crippen LogP contribution in [-0.4, -0.2) is 0 Å². The number of anilines is 1. The molecule has 0 heterocycles. The SMILES string of the molecule is C/C=C(\Nc1ccccc1)c1cccc(-c2ccccc2)c1. The van der Waals surface area contributed by atoms with Gasteiger partial charge in [-0.3, -0.25) is 0 Å². The van der Waals surface area contributed by atoms with Gasteiger partial charge in [-0.15, -0.1) is 0 Å². The van der Waals surface area contributed by atoms with Crippen LogP contribution in [0.5, 0.6) is 0 Å². The molecule has 3 aromatic rings. The summed E-state index contributed by atoms with van der Waals surface area (Å²) in [6, 6.07) is 29.3. The second kappa shape index (κ2) is 6.77. The van der Waals surface area contributed by atoms with Crippen LogP contribution in [0.15, 0.2) is 91.0 Å². The maximum absolute atomic E-state index is 3.48. The molecular formula is C21H19N. The smallest absolute Gasteiger partial charge is 0.0414 e. The van der Waals surface area contributed by atoms with Crippen LogP contribution < -0.4 is 5.32 Å². The fraction of sp³-hybridized carbons (Fsp3) is 0.0476. The van der Waals surface area contributed by atoms with Crippen molar-refractivity contribution in [1.82, 2.24) is 0 Å². The van der Waals surface area contributed by atoms with Crippen LogP contribution in [0, 0.1) is 0 Å². The topological polar surface area (TPSA) is 12.0 Å². The number of hydrogen-bond acceptors (Lipinski definition) is 1. The Balaban J connectivity index is 1.91. The van der Waals surface area contributed by atoms with Gasteiger partial charge in [0.1, 0.15) is 0 Å². The zero-order valence-corrected chi connectivity index (χ0v) is 12.7. The van der Waals surface area contributed by atoms with Gasteiger partial charge in [0.25, 0.3) is 0 Å². The van der Waals surface area contributed by atoms with Crippen molar-refractivity contribution in [3.8, 4) is 11.1 Å². The largest absolute Gasteiger partial charge is 0.355 e. The summed E-state index contributed by atoms with van der Waals surface area (Å²) in [6.07, 6.45) is 2.11. The average molecular weight is 285 g/mol. The lowest BCUT2D eigenvalue weighted by atomic mass is 10.0. The molecule has 0 radical (unpaired) electrons. The zero-order valence-electron chi connectivity index (χ0n) is 12.7. The number of hydrogen-bond donors (Lipinski definition) is 1. The Hall–Kier alpha value is -2.80. The maximum atomic E-state index is 3.48. The van der Waals surface area contributed by atoms with Crippen molar-refractivity contribution in [2.24, 2.45) is 0 Å². The van der Waals surface area contributed by atoms with Crippen LogP contribution in [0.3, 0.4) is 0 Å². The van der Waals surface area contributed by atoms with Gasteiger partial charge in [-0.05, 0) is 41.8 Å². The van der Waals surface area contributed by atoms with Crippen LogP contribution in [0.25, 0.3) is 16.8 Å². The van der Waals surface area contributed by atoms with E-state index in [1.54, 1.807) is 0 Å². The third kappa shape index (κ3) is 3.26. The number of benzene rings is 3. The molecule has 0 aromatic heterocycles. The number of para-hydroxylation sites is 1. The highest BCUT2D eigenvalue weighted by Crippen LogP contribution is 2.24. The fourth-order valence-corrected chi connectivity index (χ4v) is 2.48. The maximum Gasteiger partial charge on any atom is 0.0414 e. The Bertz CT molecular complexity index is 758. The highest BCUT2D eigenvalue weighted by molar-refractivity contribution is 5.79. The third-order valence-corrected chi connectivity index (χ3v) is 3.62. The van der Waals surface area contributed by atoms with Gasteiger partial charge in [0.2, 0.25) is 0 Å². The van der Waals surface area contributed by atoms with E-state index in [1.807, 2.05) is 24.3 Å². The van der Waals surface area contributed by atoms with Crippen molar-refractivity contribution in [1.29, 1.82) is 0 Å². The van der Waals surface area contributed by atoms with Crippen molar-refractivity contribution in [3.05, 3.63) is 96.6 Å². The molecule has 0 fully saturated rings. The highest BCUT2D eigenvalue weighted by Gasteiger charge is 2.03. The van der Waals surface area contributed by atoms with Gasteiger partial charge in [0.15, 0.2) is 0 Å². The molecule has 0 unspecified atom stereocenters. The molecule has 0 spiro atoms. The predicted molar refractivity (Wildman–Crippen MR) is 95.6 cm³/mol. The first-order valence-corrected chi connectivity index (χ1v) is 7.51. The molecule has 22 heavy (non-hydrogen) atoms. The Morgan fingerprint density at radius 2 is 1.36 bits per heavy atom. The first-order chi connectivity index (χ1) is 10.9. The van der Waals surface area contributed by atoms with E-state index < -0.39 is 0 Å². The zero-order chi connectivity index (χ0) is 15.2. The average Bonchev–Trinajstić information content (AvgIpc) is 2.61. The minimum absolute atomic E-state index is 1.10. The van der Waals surface area contributed by atoms with E-state index in [0.29, 0.717) is 0 Å². The van der Waals surface area contributed by atoms with Crippen LogP contribution in [0.4, 0.5) is 5.69 Å². The number of allylic oxidation sites excluding steroid dienone is 1. The molecule has 0 aliphatic heterocycles. The number of nitrogens with one attached hydrogen (secondary N) is 1. The molecule has 3 aromatic carbocycles. The predicted octanol–water partition coefficient (Wildman–Crippen LogP) is 5.83. The van der Waals surface area contributed by atoms with Gasteiger partial charge in [0, 0.05) is 11.4 Å². The summed E-state index contributed by atoms with van der Waals surface area (Å²) in [4.78, 5) is 0. The Morgan fingerprint density at radius 3 is 2.05 bits per heavy atom. The first-order valence-electron chi connectivity index (χ1n) is 7.51. The molecule has 108 valence electrons. The lowest BCUT2D eigenvalue weighted by Crippen LogP contribution is -1.98. The summed E-state index contributed by atoms with van der Waals surface area (Å²) in [5.41, 5.74) is 5.87. The minimum atomic E-state index is 1.10. The van der Waals surface area contributed by atoms with Crippen molar-refractivity contribution in [3.63, 3.8) is 0 Å². The van der Waals surface area contributed by atoms with E-state index in [1.165, 1.54) is 16.7 Å². The van der Waals surface area contributed by atoms with Gasteiger partial charge < -0.3 is 5.32 Å². The molecule has 0 saturated carbocycles. The van der Waals surface area contributed by atoms with Crippen molar-refractivity contribution in [2.75, 3.05) is 5.32 Å². The van der Waals surface area contributed by atoms with Gasteiger partial charge in [0.05, 0.1) is 0 Å². The van der Waals surface area contributed by atoms with E-state index in [-0.39, 0.29) is 0 Å². The fourth-order valence-electron chi connectivity index (χ4n) is 2.48. The van der Waals surface area contributed by atoms with E-state index in [0.717, 1.165) is 11.4 Å². The third-order valence-electron chi connectivity index (χ3n) is 3.62. The van der Waals surface area contributed by atoms with Crippen LogP contribution in [0.1, 0.15) is 12.5 Å². The second-order valence-electron chi connectivity index (χ2n) is 5.14. The summed E-state index contributed by atoms with van der Waals surface area (Å²) >= 11 is 0. The Kier molecular flexibility index (Phi) is 4.35. The molecule has 1 N–H and O–H groups in total. The molecule has 1 heteroatoms. The standard InChI is InChI=1S/C21H19N/c1-2-21(22-20-14-7-4-8-15-20)19-13-9-12-18(16-19)17-10-5-3-6-11-17/h2-16,22H,1H3/b21-2-. The lowest BCUT2D eigenvalue weighted by molar-refractivity contribution is 1.50. The summed E-state index contributed by atoms with van der Waals surface area (Å²) < 4.78 is 0. The van der Waals surface area contributed by atoms with Crippen molar-refractivity contribution < 1.29 is 0 Å². The first kappa shape index (κ1) is 14.2. The normalized spacial score (nSPS) is 11.2. The summed E-state index contributed by atoms with van der Waals surface area (Å²) in [5.74, 6) is 0. The van der Waals surface area contributed by atoms with Crippen molar-refractivity contribution in [2.45, 2.75) is 6.92 Å².